The molecule has 9 heteroatoms. The van der Waals surface area contributed by atoms with Crippen LogP contribution < -0.4 is 33.9 Å². The molecule has 20 heavy (non-hydrogen) atoms. The van der Waals surface area contributed by atoms with Gasteiger partial charge >= 0.3 is 0 Å². The lowest BCUT2D eigenvalue weighted by atomic mass is 10.2. The van der Waals surface area contributed by atoms with Crippen LogP contribution in [-0.2, 0) is 11.3 Å². The minimum absolute atomic E-state index is 0.134. The summed E-state index contributed by atoms with van der Waals surface area (Å²) in [7, 11) is 0. The molecular formula is C11H23N7O2. The molecule has 0 aliphatic carbocycles. The van der Waals surface area contributed by atoms with Crippen molar-refractivity contribution in [1.29, 1.82) is 0 Å². The van der Waals surface area contributed by atoms with Crippen molar-refractivity contribution in [3.05, 3.63) is 23.8 Å². The third-order valence-electron chi connectivity index (χ3n) is 2.07. The molecule has 0 heterocycles. The van der Waals surface area contributed by atoms with Gasteiger partial charge in [-0.3, -0.25) is 5.21 Å². The number of nitrogens with zero attached hydrogens (tertiary/aromatic N) is 2. The number of hydrogen-bond donors (Lipinski definition) is 6. The monoisotopic (exact) mass is 285 g/mol. The van der Waals surface area contributed by atoms with Crippen LogP contribution >= 0.6 is 0 Å². The summed E-state index contributed by atoms with van der Waals surface area (Å²) in [6.07, 6.45) is 0. The van der Waals surface area contributed by atoms with Gasteiger partial charge in [0, 0.05) is 0 Å². The topological polar surface area (TPSA) is 161 Å². The number of benzene rings is 1. The van der Waals surface area contributed by atoms with Gasteiger partial charge in [0.1, 0.15) is 18.1 Å². The number of nitrogens with two attached hydrogens (primary N) is 4. The molecule has 0 fully saturated rings. The molecular weight excluding hydrogens is 262 g/mol. The molecule has 0 bridgehead atoms. The second kappa shape index (κ2) is 9.81. The number of hydrazone groups is 1. The smallest absolute Gasteiger partial charge is 0.147 e. The maximum atomic E-state index is 9.05. The molecule has 0 radical (unpaired) electrons. The number of ether oxygens (including phenoxy) is 1. The molecule has 0 aliphatic rings. The van der Waals surface area contributed by atoms with Crippen molar-refractivity contribution in [3.63, 3.8) is 0 Å². The molecule has 1 aromatic carbocycles. The van der Waals surface area contributed by atoms with Crippen molar-refractivity contribution in [2.75, 3.05) is 17.5 Å². The van der Waals surface area contributed by atoms with Gasteiger partial charge in [0.2, 0.25) is 0 Å². The van der Waals surface area contributed by atoms with E-state index in [9.17, 15) is 0 Å². The number of nitrogens with one attached hydrogen (secondary N) is 1. The van der Waals surface area contributed by atoms with E-state index in [1.807, 2.05) is 13.8 Å². The van der Waals surface area contributed by atoms with Gasteiger partial charge in [-0.2, -0.15) is 5.17 Å². The summed E-state index contributed by atoms with van der Waals surface area (Å²) in [5, 5.41) is 13.0. The number of hydrogen-bond acceptors (Lipinski definition) is 8. The molecule has 0 spiro atoms. The van der Waals surface area contributed by atoms with Crippen molar-refractivity contribution in [2.24, 2.45) is 22.5 Å². The van der Waals surface area contributed by atoms with Crippen LogP contribution in [0.25, 0.3) is 0 Å². The van der Waals surface area contributed by atoms with E-state index in [0.717, 1.165) is 5.56 Å². The van der Waals surface area contributed by atoms with Crippen LogP contribution in [0, 0.1) is 0 Å². The maximum Gasteiger partial charge on any atom is 0.147 e. The summed E-state index contributed by atoms with van der Waals surface area (Å²) in [5.41, 5.74) is 14.7. The maximum absolute atomic E-state index is 9.05. The van der Waals surface area contributed by atoms with E-state index < -0.39 is 0 Å². The van der Waals surface area contributed by atoms with Crippen LogP contribution in [0.5, 0.6) is 0 Å². The standard InChI is InChI=1S/C9H17N7O2.C2H6/c10-7-3-6(1-2-8(7)16(13)17)4-18-5-9(11)14-15-12;1-2/h1-3,15,17H,4-5,10,12-13H2,(H2,11,14);1-2H3. The Bertz CT molecular complexity index is 423. The highest BCUT2D eigenvalue weighted by Gasteiger charge is 2.04. The van der Waals surface area contributed by atoms with E-state index in [-0.39, 0.29) is 12.4 Å². The molecule has 0 aromatic heterocycles. The lowest BCUT2D eigenvalue weighted by molar-refractivity contribution is 0.157. The predicted molar refractivity (Wildman–Crippen MR) is 79.3 cm³/mol. The van der Waals surface area contributed by atoms with Gasteiger partial charge in [0.05, 0.1) is 12.3 Å². The first-order valence-electron chi connectivity index (χ1n) is 6.02. The Labute approximate surface area is 118 Å². The van der Waals surface area contributed by atoms with Gasteiger partial charge < -0.3 is 16.2 Å². The van der Waals surface area contributed by atoms with Gasteiger partial charge in [-0.15, -0.1) is 5.10 Å². The van der Waals surface area contributed by atoms with Crippen molar-refractivity contribution in [1.82, 2.24) is 5.53 Å². The predicted octanol–water partition coefficient (Wildman–Crippen LogP) is -0.384. The zero-order valence-corrected chi connectivity index (χ0v) is 11.7. The van der Waals surface area contributed by atoms with Gasteiger partial charge in [-0.25, -0.2) is 17.2 Å². The normalized spacial score (nSPS) is 10.6. The first kappa shape index (κ1) is 17.9. The Morgan fingerprint density at radius 1 is 1.45 bits per heavy atom. The molecule has 0 amide bonds. The highest BCUT2D eigenvalue weighted by Crippen LogP contribution is 2.21. The molecule has 1 aromatic rings. The van der Waals surface area contributed by atoms with Crippen LogP contribution in [0.15, 0.2) is 23.3 Å². The molecule has 10 N–H and O–H groups in total. The van der Waals surface area contributed by atoms with Crippen molar-refractivity contribution in [3.8, 4) is 0 Å². The lowest BCUT2D eigenvalue weighted by Gasteiger charge is -2.13. The van der Waals surface area contributed by atoms with E-state index in [2.05, 4.69) is 10.6 Å². The Kier molecular flexibility index (Phi) is 8.79. The van der Waals surface area contributed by atoms with Crippen LogP contribution in [-0.4, -0.2) is 17.6 Å². The third kappa shape index (κ3) is 6.20. The second-order valence-electron chi connectivity index (χ2n) is 3.46. The van der Waals surface area contributed by atoms with Crippen LogP contribution in [0.2, 0.25) is 0 Å². The number of nitrogen functional groups attached to an aromatic ring is 1. The number of rotatable bonds is 6. The number of hydrazine groups is 2. The second-order valence-corrected chi connectivity index (χ2v) is 3.46. The fourth-order valence-electron chi connectivity index (χ4n) is 1.29. The van der Waals surface area contributed by atoms with Gasteiger partial charge in [-0.05, 0) is 17.7 Å². The van der Waals surface area contributed by atoms with Crippen molar-refractivity contribution < 1.29 is 9.94 Å². The van der Waals surface area contributed by atoms with Crippen LogP contribution in [0.3, 0.4) is 0 Å². The van der Waals surface area contributed by atoms with E-state index >= 15 is 0 Å². The zero-order chi connectivity index (χ0) is 15.5. The Balaban J connectivity index is 0.00000172. The molecule has 0 saturated heterocycles. The van der Waals surface area contributed by atoms with Crippen LogP contribution in [0.4, 0.5) is 11.4 Å². The SMILES string of the molecule is CC.NN/N=C(\N)COCc1ccc(N(N)O)c(N)c1. The summed E-state index contributed by atoms with van der Waals surface area (Å²) < 4.78 is 5.28. The summed E-state index contributed by atoms with van der Waals surface area (Å²) in [5.74, 6) is 10.3. The Hall–Kier alpha value is -2.07. The summed E-state index contributed by atoms with van der Waals surface area (Å²) in [6, 6.07) is 4.93. The number of amidine groups is 1. The average Bonchev–Trinajstić information content (AvgIpc) is 2.41. The Morgan fingerprint density at radius 2 is 2.10 bits per heavy atom. The molecule has 9 nitrogen and oxygen atoms in total. The van der Waals surface area contributed by atoms with E-state index in [0.29, 0.717) is 23.2 Å². The minimum Gasteiger partial charge on any atom is -0.397 e. The zero-order valence-electron chi connectivity index (χ0n) is 11.7. The minimum atomic E-state index is 0.134. The number of anilines is 2. The van der Waals surface area contributed by atoms with Crippen LogP contribution in [0.1, 0.15) is 19.4 Å². The molecule has 0 aliphatic heterocycles. The third-order valence-corrected chi connectivity index (χ3v) is 2.07. The largest absolute Gasteiger partial charge is 0.397 e. The van der Waals surface area contributed by atoms with Crippen molar-refractivity contribution >= 4 is 17.2 Å². The average molecular weight is 285 g/mol. The van der Waals surface area contributed by atoms with E-state index in [4.69, 9.17) is 33.1 Å². The summed E-state index contributed by atoms with van der Waals surface area (Å²) in [4.78, 5) is 0. The van der Waals surface area contributed by atoms with E-state index in [1.165, 1.54) is 0 Å². The van der Waals surface area contributed by atoms with Gasteiger partial charge in [0.25, 0.3) is 0 Å². The first-order chi connectivity index (χ1) is 9.54. The first-order valence-corrected chi connectivity index (χ1v) is 6.02. The Morgan fingerprint density at radius 3 is 2.60 bits per heavy atom. The molecule has 114 valence electrons. The molecule has 1 rings (SSSR count). The fourth-order valence-corrected chi connectivity index (χ4v) is 1.29. The quantitative estimate of drug-likeness (QED) is 0.135. The van der Waals surface area contributed by atoms with Gasteiger partial charge in [0.15, 0.2) is 0 Å². The highest BCUT2D eigenvalue weighted by atomic mass is 16.5. The van der Waals surface area contributed by atoms with Crippen molar-refractivity contribution in [2.45, 2.75) is 20.5 Å². The fraction of sp³-hybridized carbons (Fsp3) is 0.364. The van der Waals surface area contributed by atoms with E-state index in [1.54, 1.807) is 18.2 Å². The molecule has 0 atom stereocenters. The lowest BCUT2D eigenvalue weighted by Crippen LogP contribution is -2.27. The highest BCUT2D eigenvalue weighted by molar-refractivity contribution is 5.81. The molecule has 0 unspecified atom stereocenters. The van der Waals surface area contributed by atoms with Gasteiger partial charge in [-0.1, -0.05) is 19.9 Å². The molecule has 0 saturated carbocycles. The summed E-state index contributed by atoms with van der Waals surface area (Å²) in [6.45, 7) is 4.43. The summed E-state index contributed by atoms with van der Waals surface area (Å²) >= 11 is 0.